The minimum absolute atomic E-state index is 0.437. The maximum Gasteiger partial charge on any atom is 0.229 e. The van der Waals surface area contributed by atoms with Crippen LogP contribution in [0.15, 0.2) is 48.7 Å². The van der Waals surface area contributed by atoms with Crippen LogP contribution in [0.4, 0.5) is 17.8 Å². The van der Waals surface area contributed by atoms with Crippen LogP contribution in [0.2, 0.25) is 0 Å². The minimum atomic E-state index is 0.437. The van der Waals surface area contributed by atoms with E-state index in [0.717, 1.165) is 17.0 Å². The second-order valence-corrected chi connectivity index (χ2v) is 7.13. The normalized spacial score (nSPS) is 10.6. The third kappa shape index (κ3) is 9.14. The molecule has 0 aliphatic carbocycles. The highest BCUT2D eigenvalue weighted by Gasteiger charge is 2.07. The Labute approximate surface area is 199 Å². The van der Waals surface area contributed by atoms with E-state index in [9.17, 15) is 0 Å². The van der Waals surface area contributed by atoms with E-state index in [2.05, 4.69) is 35.9 Å². The summed E-state index contributed by atoms with van der Waals surface area (Å²) in [5.41, 5.74) is 7.31. The summed E-state index contributed by atoms with van der Waals surface area (Å²) < 4.78 is 16.1. The molecule has 0 aliphatic rings. The molecule has 182 valence electrons. The van der Waals surface area contributed by atoms with Gasteiger partial charge in [0.05, 0.1) is 45.8 Å². The lowest BCUT2D eigenvalue weighted by Gasteiger charge is -2.12. The standard InChI is InChI=1S/C23H32N8O3/c1-32-20-7-4-5-18(15-20)16-27-22-29-21(26-10-12-34-14-13-33-11-8-24)30-23(31-22)28-17-19-6-2-3-9-25-19/h2-7,9,15H,8,10-14,16-17,24H2,1H3,(H3,26,27,28,29,30,31). The first kappa shape index (κ1) is 25.1. The summed E-state index contributed by atoms with van der Waals surface area (Å²) in [6, 6.07) is 13.6. The molecule has 2 aromatic heterocycles. The summed E-state index contributed by atoms with van der Waals surface area (Å²) in [6.45, 7) is 4.11. The number of hydrogen-bond acceptors (Lipinski definition) is 11. The first-order chi connectivity index (χ1) is 16.8. The highest BCUT2D eigenvalue weighted by molar-refractivity contribution is 5.43. The quantitative estimate of drug-likeness (QED) is 0.229. The SMILES string of the molecule is COc1cccc(CNc2nc(NCCOCCOCCN)nc(NCc3ccccn3)n2)c1. The molecule has 34 heavy (non-hydrogen) atoms. The Kier molecular flexibility index (Phi) is 10.8. The predicted molar refractivity (Wildman–Crippen MR) is 131 cm³/mol. The van der Waals surface area contributed by atoms with Crippen molar-refractivity contribution in [2.45, 2.75) is 13.1 Å². The predicted octanol–water partition coefficient (Wildman–Crippen LogP) is 1.90. The Morgan fingerprint density at radius 2 is 1.53 bits per heavy atom. The number of methoxy groups -OCH3 is 1. The van der Waals surface area contributed by atoms with Gasteiger partial charge in [-0.2, -0.15) is 15.0 Å². The van der Waals surface area contributed by atoms with E-state index in [1.54, 1.807) is 13.3 Å². The Bertz CT molecular complexity index is 977. The summed E-state index contributed by atoms with van der Waals surface area (Å²) in [5, 5.41) is 9.63. The van der Waals surface area contributed by atoms with E-state index >= 15 is 0 Å². The molecule has 0 fully saturated rings. The number of rotatable bonds is 16. The summed E-state index contributed by atoms with van der Waals surface area (Å²) in [7, 11) is 1.65. The highest BCUT2D eigenvalue weighted by atomic mass is 16.5. The lowest BCUT2D eigenvalue weighted by molar-refractivity contribution is 0.0547. The van der Waals surface area contributed by atoms with Gasteiger partial charge < -0.3 is 35.9 Å². The van der Waals surface area contributed by atoms with Crippen molar-refractivity contribution in [1.29, 1.82) is 0 Å². The molecule has 3 rings (SSSR count). The molecule has 1 aromatic carbocycles. The van der Waals surface area contributed by atoms with Crippen LogP contribution >= 0.6 is 0 Å². The molecular weight excluding hydrogens is 436 g/mol. The summed E-state index contributed by atoms with van der Waals surface area (Å²) >= 11 is 0. The second kappa shape index (κ2) is 14.6. The lowest BCUT2D eigenvalue weighted by atomic mass is 10.2. The van der Waals surface area contributed by atoms with Gasteiger partial charge in [-0.25, -0.2) is 0 Å². The molecule has 0 aliphatic heterocycles. The summed E-state index contributed by atoms with van der Waals surface area (Å²) in [4.78, 5) is 17.7. The fourth-order valence-electron chi connectivity index (χ4n) is 2.89. The van der Waals surface area contributed by atoms with Gasteiger partial charge in [-0.05, 0) is 29.8 Å². The molecule has 11 heteroatoms. The fourth-order valence-corrected chi connectivity index (χ4v) is 2.89. The molecule has 0 spiro atoms. The first-order valence-electron chi connectivity index (χ1n) is 11.1. The van der Waals surface area contributed by atoms with Gasteiger partial charge in [-0.3, -0.25) is 4.98 Å². The number of nitrogens with zero attached hydrogens (tertiary/aromatic N) is 4. The smallest absolute Gasteiger partial charge is 0.229 e. The lowest BCUT2D eigenvalue weighted by Crippen LogP contribution is -2.17. The van der Waals surface area contributed by atoms with E-state index < -0.39 is 0 Å². The zero-order chi connectivity index (χ0) is 23.8. The average molecular weight is 469 g/mol. The largest absolute Gasteiger partial charge is 0.497 e. The van der Waals surface area contributed by atoms with Crippen LogP contribution in [0.5, 0.6) is 5.75 Å². The number of hydrogen-bond donors (Lipinski definition) is 4. The number of pyridine rings is 1. The fraction of sp³-hybridized carbons (Fsp3) is 0.391. The average Bonchev–Trinajstić information content (AvgIpc) is 2.88. The van der Waals surface area contributed by atoms with Gasteiger partial charge in [-0.1, -0.05) is 18.2 Å². The van der Waals surface area contributed by atoms with Crippen LogP contribution in [0.1, 0.15) is 11.3 Å². The van der Waals surface area contributed by atoms with Gasteiger partial charge in [0.25, 0.3) is 0 Å². The van der Waals surface area contributed by atoms with Crippen LogP contribution in [0, 0.1) is 0 Å². The monoisotopic (exact) mass is 468 g/mol. The second-order valence-electron chi connectivity index (χ2n) is 7.13. The third-order valence-electron chi connectivity index (χ3n) is 4.54. The van der Waals surface area contributed by atoms with Crippen molar-refractivity contribution in [3.05, 3.63) is 59.9 Å². The van der Waals surface area contributed by atoms with Crippen molar-refractivity contribution in [1.82, 2.24) is 19.9 Å². The Morgan fingerprint density at radius 1 is 0.794 bits per heavy atom. The van der Waals surface area contributed by atoms with Crippen LogP contribution in [-0.4, -0.2) is 66.6 Å². The van der Waals surface area contributed by atoms with Crippen LogP contribution in [0.3, 0.4) is 0 Å². The molecule has 0 amide bonds. The molecule has 3 aromatic rings. The van der Waals surface area contributed by atoms with Crippen LogP contribution < -0.4 is 26.4 Å². The van der Waals surface area contributed by atoms with Crippen molar-refractivity contribution >= 4 is 17.8 Å². The molecule has 2 heterocycles. The molecule has 0 atom stereocenters. The molecular formula is C23H32N8O3. The van der Waals surface area contributed by atoms with E-state index in [-0.39, 0.29) is 0 Å². The van der Waals surface area contributed by atoms with E-state index in [1.165, 1.54) is 0 Å². The number of nitrogens with one attached hydrogen (secondary N) is 3. The zero-order valence-electron chi connectivity index (χ0n) is 19.4. The van der Waals surface area contributed by atoms with Gasteiger partial charge in [-0.15, -0.1) is 0 Å². The van der Waals surface area contributed by atoms with Gasteiger partial charge in [0.15, 0.2) is 0 Å². The van der Waals surface area contributed by atoms with Crippen LogP contribution in [-0.2, 0) is 22.6 Å². The van der Waals surface area contributed by atoms with Gasteiger partial charge in [0, 0.05) is 25.8 Å². The number of anilines is 3. The maximum atomic E-state index is 5.54. The molecule has 0 unspecified atom stereocenters. The molecule has 5 N–H and O–H groups in total. The van der Waals surface area contributed by atoms with Crippen molar-refractivity contribution in [3.63, 3.8) is 0 Å². The summed E-state index contributed by atoms with van der Waals surface area (Å²) in [5.74, 6) is 2.12. The van der Waals surface area contributed by atoms with Gasteiger partial charge in [0.1, 0.15) is 5.75 Å². The topological polar surface area (TPSA) is 141 Å². The number of nitrogens with two attached hydrogens (primary N) is 1. The Morgan fingerprint density at radius 3 is 2.24 bits per heavy atom. The van der Waals surface area contributed by atoms with Crippen molar-refractivity contribution in [3.8, 4) is 5.75 Å². The zero-order valence-corrected chi connectivity index (χ0v) is 19.4. The Hall–Kier alpha value is -3.54. The van der Waals surface area contributed by atoms with Crippen molar-refractivity contribution in [2.24, 2.45) is 5.73 Å². The first-order valence-corrected chi connectivity index (χ1v) is 11.1. The third-order valence-corrected chi connectivity index (χ3v) is 4.54. The molecule has 0 saturated carbocycles. The maximum absolute atomic E-state index is 5.54. The minimum Gasteiger partial charge on any atom is -0.497 e. The molecule has 0 bridgehead atoms. The highest BCUT2D eigenvalue weighted by Crippen LogP contribution is 2.15. The van der Waals surface area contributed by atoms with Crippen molar-refractivity contribution < 1.29 is 14.2 Å². The molecule has 11 nitrogen and oxygen atoms in total. The molecule has 0 radical (unpaired) electrons. The number of aromatic nitrogens is 4. The van der Waals surface area contributed by atoms with Crippen molar-refractivity contribution in [2.75, 3.05) is 62.6 Å². The van der Waals surface area contributed by atoms with E-state index in [0.29, 0.717) is 70.5 Å². The molecule has 0 saturated heterocycles. The summed E-state index contributed by atoms with van der Waals surface area (Å²) in [6.07, 6.45) is 1.75. The van der Waals surface area contributed by atoms with Gasteiger partial charge in [0.2, 0.25) is 17.8 Å². The number of ether oxygens (including phenoxy) is 3. The Balaban J connectivity index is 1.58. The van der Waals surface area contributed by atoms with Gasteiger partial charge >= 0.3 is 0 Å². The van der Waals surface area contributed by atoms with E-state index in [1.807, 2.05) is 42.5 Å². The van der Waals surface area contributed by atoms with E-state index in [4.69, 9.17) is 19.9 Å². The number of benzene rings is 1. The van der Waals surface area contributed by atoms with Crippen LogP contribution in [0.25, 0.3) is 0 Å².